The number of rotatable bonds is 4. The highest BCUT2D eigenvalue weighted by atomic mass is 19.1. The predicted molar refractivity (Wildman–Crippen MR) is 78.9 cm³/mol. The van der Waals surface area contributed by atoms with E-state index in [1.807, 2.05) is 13.8 Å². The number of nitrogens with one attached hydrogen (secondary N) is 1. The van der Waals surface area contributed by atoms with Crippen LogP contribution in [0.4, 0.5) is 10.1 Å². The van der Waals surface area contributed by atoms with E-state index < -0.39 is 11.5 Å². The number of hydrogen-bond donors (Lipinski definition) is 2. The number of halogens is 1. The Morgan fingerprint density at radius 3 is 2.76 bits per heavy atom. The van der Waals surface area contributed by atoms with Crippen LogP contribution in [0.2, 0.25) is 0 Å². The molecular weight excluding hydrogens is 273 g/mol. The zero-order chi connectivity index (χ0) is 15.6. The second kappa shape index (κ2) is 6.02. The molecule has 2 N–H and O–H groups in total. The first-order valence-electron chi connectivity index (χ1n) is 7.23. The molecule has 1 fully saturated rings. The Kier molecular flexibility index (Phi) is 4.52. The molecule has 0 spiro atoms. The van der Waals surface area contributed by atoms with Crippen LogP contribution < -0.4 is 5.32 Å². The van der Waals surface area contributed by atoms with Crippen LogP contribution in [0, 0.1) is 18.7 Å². The number of carboxylic acid groups (broad SMARTS) is 1. The van der Waals surface area contributed by atoms with Gasteiger partial charge in [0.1, 0.15) is 11.4 Å². The van der Waals surface area contributed by atoms with Gasteiger partial charge in [0.15, 0.2) is 0 Å². The Bertz CT molecular complexity index is 512. The van der Waals surface area contributed by atoms with Crippen molar-refractivity contribution in [1.82, 2.24) is 0 Å². The van der Waals surface area contributed by atoms with Crippen LogP contribution >= 0.6 is 0 Å². The van der Waals surface area contributed by atoms with E-state index in [-0.39, 0.29) is 17.8 Å². The summed E-state index contributed by atoms with van der Waals surface area (Å²) >= 11 is 0. The SMILES string of the molecule is Cc1cc(F)cc(NC2(C(=O)O)CCOC(C(C)C)C2)c1. The first-order chi connectivity index (χ1) is 9.82. The summed E-state index contributed by atoms with van der Waals surface area (Å²) in [7, 11) is 0. The third-order valence-corrected chi connectivity index (χ3v) is 3.99. The lowest BCUT2D eigenvalue weighted by Gasteiger charge is -2.40. The highest BCUT2D eigenvalue weighted by molar-refractivity contribution is 5.83. The molecule has 21 heavy (non-hydrogen) atoms. The molecule has 0 amide bonds. The van der Waals surface area contributed by atoms with Gasteiger partial charge in [0.05, 0.1) is 6.10 Å². The summed E-state index contributed by atoms with van der Waals surface area (Å²) in [5.41, 5.74) is 0.151. The number of anilines is 1. The molecule has 2 rings (SSSR count). The molecule has 116 valence electrons. The van der Waals surface area contributed by atoms with Gasteiger partial charge < -0.3 is 15.2 Å². The van der Waals surface area contributed by atoms with Crippen molar-refractivity contribution < 1.29 is 19.0 Å². The van der Waals surface area contributed by atoms with Crippen LogP contribution in [-0.4, -0.2) is 29.3 Å². The van der Waals surface area contributed by atoms with Gasteiger partial charge >= 0.3 is 5.97 Å². The Labute approximate surface area is 124 Å². The lowest BCUT2D eigenvalue weighted by molar-refractivity contribution is -0.149. The van der Waals surface area contributed by atoms with Crippen LogP contribution in [0.15, 0.2) is 18.2 Å². The molecule has 1 saturated heterocycles. The Morgan fingerprint density at radius 1 is 1.48 bits per heavy atom. The monoisotopic (exact) mass is 295 g/mol. The second-order valence-corrected chi connectivity index (χ2v) is 6.14. The van der Waals surface area contributed by atoms with E-state index in [9.17, 15) is 14.3 Å². The quantitative estimate of drug-likeness (QED) is 0.895. The molecule has 1 aliphatic heterocycles. The van der Waals surface area contributed by atoms with E-state index in [0.717, 1.165) is 5.56 Å². The van der Waals surface area contributed by atoms with E-state index >= 15 is 0 Å². The third kappa shape index (κ3) is 3.53. The van der Waals surface area contributed by atoms with Gasteiger partial charge in [-0.05, 0) is 36.6 Å². The van der Waals surface area contributed by atoms with Gasteiger partial charge in [0.25, 0.3) is 0 Å². The fraction of sp³-hybridized carbons (Fsp3) is 0.562. The van der Waals surface area contributed by atoms with E-state index in [1.165, 1.54) is 12.1 Å². The van der Waals surface area contributed by atoms with Crippen LogP contribution in [0.3, 0.4) is 0 Å². The van der Waals surface area contributed by atoms with Gasteiger partial charge in [-0.15, -0.1) is 0 Å². The summed E-state index contributed by atoms with van der Waals surface area (Å²) in [4.78, 5) is 11.8. The fourth-order valence-electron chi connectivity index (χ4n) is 2.76. The van der Waals surface area contributed by atoms with Crippen molar-refractivity contribution in [3.05, 3.63) is 29.6 Å². The highest BCUT2D eigenvalue weighted by Gasteiger charge is 2.44. The number of hydrogen-bond acceptors (Lipinski definition) is 3. The number of aliphatic carboxylic acids is 1. The third-order valence-electron chi connectivity index (χ3n) is 3.99. The van der Waals surface area contributed by atoms with Crippen LogP contribution in [0.5, 0.6) is 0 Å². The van der Waals surface area contributed by atoms with E-state index in [2.05, 4.69) is 5.32 Å². The molecule has 1 aliphatic rings. The summed E-state index contributed by atoms with van der Waals surface area (Å²) in [5.74, 6) is -1.05. The van der Waals surface area contributed by atoms with Gasteiger partial charge in [-0.2, -0.15) is 0 Å². The lowest BCUT2D eigenvalue weighted by Crippen LogP contribution is -2.53. The number of carbonyl (C=O) groups is 1. The van der Waals surface area contributed by atoms with Crippen molar-refractivity contribution in [2.24, 2.45) is 5.92 Å². The maximum absolute atomic E-state index is 13.5. The summed E-state index contributed by atoms with van der Waals surface area (Å²) in [5, 5.41) is 12.7. The van der Waals surface area contributed by atoms with Crippen LogP contribution in [0.1, 0.15) is 32.3 Å². The summed E-state index contributed by atoms with van der Waals surface area (Å²) in [6.07, 6.45) is 0.619. The van der Waals surface area contributed by atoms with Crippen LogP contribution in [-0.2, 0) is 9.53 Å². The topological polar surface area (TPSA) is 58.6 Å². The maximum Gasteiger partial charge on any atom is 0.329 e. The minimum atomic E-state index is -1.10. The predicted octanol–water partition coefficient (Wildman–Crippen LogP) is 3.20. The van der Waals surface area contributed by atoms with E-state index in [0.29, 0.717) is 25.1 Å². The van der Waals surface area contributed by atoms with Gasteiger partial charge in [0, 0.05) is 25.1 Å². The maximum atomic E-state index is 13.5. The molecule has 5 heteroatoms. The van der Waals surface area contributed by atoms with Gasteiger partial charge in [-0.1, -0.05) is 13.8 Å². The van der Waals surface area contributed by atoms with Gasteiger partial charge in [-0.25, -0.2) is 9.18 Å². The minimum Gasteiger partial charge on any atom is -0.480 e. The fourth-order valence-corrected chi connectivity index (χ4v) is 2.76. The summed E-state index contributed by atoms with van der Waals surface area (Å²) < 4.78 is 19.2. The number of benzene rings is 1. The molecule has 2 atom stereocenters. The van der Waals surface area contributed by atoms with Gasteiger partial charge in [-0.3, -0.25) is 0 Å². The number of ether oxygens (including phenoxy) is 1. The lowest BCUT2D eigenvalue weighted by atomic mass is 9.83. The zero-order valence-corrected chi connectivity index (χ0v) is 12.6. The molecule has 1 aromatic carbocycles. The van der Waals surface area contributed by atoms with Gasteiger partial charge in [0.2, 0.25) is 0 Å². The van der Waals surface area contributed by atoms with Crippen molar-refractivity contribution in [2.45, 2.75) is 45.3 Å². The molecule has 1 heterocycles. The normalized spacial score (nSPS) is 25.9. The highest BCUT2D eigenvalue weighted by Crippen LogP contribution is 2.32. The summed E-state index contributed by atoms with van der Waals surface area (Å²) in [6.45, 7) is 6.18. The molecule has 0 bridgehead atoms. The molecule has 4 nitrogen and oxygen atoms in total. The van der Waals surface area contributed by atoms with E-state index in [4.69, 9.17) is 4.74 Å². The Hall–Kier alpha value is -1.62. The number of carboxylic acids is 1. The smallest absolute Gasteiger partial charge is 0.329 e. The average Bonchev–Trinajstić information content (AvgIpc) is 2.37. The Balaban J connectivity index is 2.28. The van der Waals surface area contributed by atoms with Crippen LogP contribution in [0.25, 0.3) is 0 Å². The minimum absolute atomic E-state index is 0.114. The molecule has 0 radical (unpaired) electrons. The van der Waals surface area contributed by atoms with E-state index in [1.54, 1.807) is 13.0 Å². The molecule has 0 aliphatic carbocycles. The first-order valence-corrected chi connectivity index (χ1v) is 7.23. The molecule has 1 aromatic rings. The van der Waals surface area contributed by atoms with Crippen molar-refractivity contribution >= 4 is 11.7 Å². The molecule has 2 unspecified atom stereocenters. The summed E-state index contributed by atoms with van der Waals surface area (Å²) in [6, 6.07) is 4.50. The standard InChI is InChI=1S/C16H22FNO3/c1-10(2)14-9-16(15(19)20,4-5-21-14)18-13-7-11(3)6-12(17)8-13/h6-8,10,14,18H,4-5,9H2,1-3H3,(H,19,20). The first kappa shape index (κ1) is 15.8. The molecular formula is C16H22FNO3. The van der Waals surface area contributed by atoms with Crippen molar-refractivity contribution in [3.8, 4) is 0 Å². The molecule has 0 saturated carbocycles. The Morgan fingerprint density at radius 2 is 2.19 bits per heavy atom. The largest absolute Gasteiger partial charge is 0.480 e. The zero-order valence-electron chi connectivity index (χ0n) is 12.6. The van der Waals surface area contributed by atoms with Crippen molar-refractivity contribution in [3.63, 3.8) is 0 Å². The molecule has 0 aromatic heterocycles. The number of aryl methyl sites for hydroxylation is 1. The van der Waals surface area contributed by atoms with Crippen molar-refractivity contribution in [1.29, 1.82) is 0 Å². The second-order valence-electron chi connectivity index (χ2n) is 6.14. The average molecular weight is 295 g/mol. The van der Waals surface area contributed by atoms with Crippen molar-refractivity contribution in [2.75, 3.05) is 11.9 Å².